The summed E-state index contributed by atoms with van der Waals surface area (Å²) in [5, 5.41) is 10.2. The largest absolute Gasteiger partial charge is 1.00 e. The SMILES string of the molecule is CN(CC(=O)[O-])c1ccccc1.[K+]. The van der Waals surface area contributed by atoms with Gasteiger partial charge < -0.3 is 14.8 Å². The van der Waals surface area contributed by atoms with Gasteiger partial charge in [0.05, 0.1) is 12.5 Å². The summed E-state index contributed by atoms with van der Waals surface area (Å²) >= 11 is 0. The molecule has 0 spiro atoms. The van der Waals surface area contributed by atoms with Crippen molar-refractivity contribution < 1.29 is 61.3 Å². The van der Waals surface area contributed by atoms with E-state index in [1.807, 2.05) is 30.3 Å². The molecule has 0 fully saturated rings. The van der Waals surface area contributed by atoms with Crippen molar-refractivity contribution in [1.29, 1.82) is 0 Å². The zero-order valence-electron chi connectivity index (χ0n) is 7.86. The Morgan fingerprint density at radius 2 is 1.92 bits per heavy atom. The van der Waals surface area contributed by atoms with Gasteiger partial charge in [-0.05, 0) is 12.1 Å². The number of rotatable bonds is 3. The molecule has 64 valence electrons. The van der Waals surface area contributed by atoms with Crippen LogP contribution in [0.15, 0.2) is 30.3 Å². The molecule has 1 rings (SSSR count). The minimum atomic E-state index is -1.07. The zero-order valence-corrected chi connectivity index (χ0v) is 11.0. The van der Waals surface area contributed by atoms with E-state index in [9.17, 15) is 9.90 Å². The molecule has 0 saturated carbocycles. The first kappa shape index (κ1) is 13.1. The Kier molecular flexibility index (Phi) is 6.62. The summed E-state index contributed by atoms with van der Waals surface area (Å²) in [6, 6.07) is 9.31. The fourth-order valence-corrected chi connectivity index (χ4v) is 0.967. The molecule has 0 unspecified atom stereocenters. The van der Waals surface area contributed by atoms with Crippen molar-refractivity contribution in [2.45, 2.75) is 0 Å². The first-order valence-corrected chi connectivity index (χ1v) is 3.66. The number of hydrogen-bond donors (Lipinski definition) is 0. The molecule has 0 heterocycles. The Labute approximate surface area is 120 Å². The van der Waals surface area contributed by atoms with Crippen molar-refractivity contribution in [3.05, 3.63) is 30.3 Å². The van der Waals surface area contributed by atoms with Gasteiger partial charge in [0.1, 0.15) is 0 Å². The van der Waals surface area contributed by atoms with E-state index in [1.54, 1.807) is 11.9 Å². The van der Waals surface area contributed by atoms with Gasteiger partial charge in [0, 0.05) is 12.7 Å². The first-order chi connectivity index (χ1) is 5.70. The Bertz CT molecular complexity index is 264. The fourth-order valence-electron chi connectivity index (χ4n) is 0.967. The molecule has 0 aliphatic rings. The summed E-state index contributed by atoms with van der Waals surface area (Å²) in [6.07, 6.45) is 0. The van der Waals surface area contributed by atoms with Crippen molar-refractivity contribution in [1.82, 2.24) is 0 Å². The van der Waals surface area contributed by atoms with Crippen molar-refractivity contribution in [3.63, 3.8) is 0 Å². The van der Waals surface area contributed by atoms with Crippen molar-refractivity contribution in [2.75, 3.05) is 18.5 Å². The molecule has 1 aromatic rings. The van der Waals surface area contributed by atoms with Gasteiger partial charge >= 0.3 is 51.4 Å². The van der Waals surface area contributed by atoms with Crippen LogP contribution in [0, 0.1) is 0 Å². The maximum absolute atomic E-state index is 10.2. The monoisotopic (exact) mass is 203 g/mol. The van der Waals surface area contributed by atoms with Crippen LogP contribution in [0.25, 0.3) is 0 Å². The molecule has 0 saturated heterocycles. The third kappa shape index (κ3) is 4.78. The minimum absolute atomic E-state index is 0. The quantitative estimate of drug-likeness (QED) is 0.488. The number of carboxylic acids is 1. The second kappa shape index (κ2) is 6.56. The van der Waals surface area contributed by atoms with Crippen LogP contribution < -0.4 is 61.4 Å². The van der Waals surface area contributed by atoms with E-state index in [2.05, 4.69) is 0 Å². The third-order valence-electron chi connectivity index (χ3n) is 1.56. The maximum Gasteiger partial charge on any atom is 1.00 e. The van der Waals surface area contributed by atoms with E-state index in [1.165, 1.54) is 0 Å². The minimum Gasteiger partial charge on any atom is -0.548 e. The van der Waals surface area contributed by atoms with Crippen molar-refractivity contribution >= 4 is 11.7 Å². The topological polar surface area (TPSA) is 43.4 Å². The Morgan fingerprint density at radius 3 is 2.38 bits per heavy atom. The van der Waals surface area contributed by atoms with Crippen LogP contribution >= 0.6 is 0 Å². The van der Waals surface area contributed by atoms with Gasteiger partial charge in [-0.1, -0.05) is 18.2 Å². The summed E-state index contributed by atoms with van der Waals surface area (Å²) in [4.78, 5) is 11.9. The summed E-state index contributed by atoms with van der Waals surface area (Å²) in [7, 11) is 1.71. The number of carbonyl (C=O) groups is 1. The molecule has 0 aromatic heterocycles. The second-order valence-electron chi connectivity index (χ2n) is 2.56. The molecule has 0 aliphatic carbocycles. The number of aliphatic carboxylic acids is 1. The predicted molar refractivity (Wildman–Crippen MR) is 44.7 cm³/mol. The molecule has 0 aliphatic heterocycles. The van der Waals surface area contributed by atoms with Gasteiger partial charge in [0.15, 0.2) is 0 Å². The molecule has 13 heavy (non-hydrogen) atoms. The molecule has 4 heteroatoms. The normalized spacial score (nSPS) is 8.69. The molecule has 0 atom stereocenters. The number of para-hydroxylation sites is 1. The molecule has 0 bridgehead atoms. The summed E-state index contributed by atoms with van der Waals surface area (Å²) in [5.41, 5.74) is 0.877. The van der Waals surface area contributed by atoms with Crippen LogP contribution in [0.3, 0.4) is 0 Å². The molecular formula is C9H10KNO2. The van der Waals surface area contributed by atoms with E-state index >= 15 is 0 Å². The molecule has 0 amide bonds. The van der Waals surface area contributed by atoms with Gasteiger partial charge in [-0.25, -0.2) is 0 Å². The molecule has 0 N–H and O–H groups in total. The van der Waals surface area contributed by atoms with Crippen LogP contribution in [-0.4, -0.2) is 19.6 Å². The van der Waals surface area contributed by atoms with E-state index < -0.39 is 5.97 Å². The summed E-state index contributed by atoms with van der Waals surface area (Å²) in [5.74, 6) is -1.07. The second-order valence-corrected chi connectivity index (χ2v) is 2.56. The Morgan fingerprint density at radius 1 is 1.38 bits per heavy atom. The van der Waals surface area contributed by atoms with Crippen LogP contribution in [0.1, 0.15) is 0 Å². The first-order valence-electron chi connectivity index (χ1n) is 3.66. The van der Waals surface area contributed by atoms with Gasteiger partial charge in [0.2, 0.25) is 0 Å². The molecular weight excluding hydrogens is 193 g/mol. The van der Waals surface area contributed by atoms with E-state index in [4.69, 9.17) is 0 Å². The average molecular weight is 203 g/mol. The molecule has 0 radical (unpaired) electrons. The number of benzene rings is 1. The summed E-state index contributed by atoms with van der Waals surface area (Å²) < 4.78 is 0. The van der Waals surface area contributed by atoms with Gasteiger partial charge in [-0.2, -0.15) is 0 Å². The van der Waals surface area contributed by atoms with E-state index in [0.717, 1.165) is 5.69 Å². The van der Waals surface area contributed by atoms with E-state index in [0.29, 0.717) is 0 Å². The van der Waals surface area contributed by atoms with Crippen LogP contribution in [0.5, 0.6) is 0 Å². The zero-order chi connectivity index (χ0) is 8.97. The number of nitrogens with zero attached hydrogens (tertiary/aromatic N) is 1. The third-order valence-corrected chi connectivity index (χ3v) is 1.56. The number of carbonyl (C=O) groups excluding carboxylic acids is 1. The van der Waals surface area contributed by atoms with Crippen LogP contribution in [0.2, 0.25) is 0 Å². The van der Waals surface area contributed by atoms with Gasteiger partial charge in [0.25, 0.3) is 0 Å². The van der Waals surface area contributed by atoms with Gasteiger partial charge in [-0.3, -0.25) is 0 Å². The van der Waals surface area contributed by atoms with Crippen molar-refractivity contribution in [3.8, 4) is 0 Å². The number of carboxylic acid groups (broad SMARTS) is 1. The Hall–Kier alpha value is 0.126. The predicted octanol–water partition coefficient (Wildman–Crippen LogP) is -3.12. The summed E-state index contributed by atoms with van der Waals surface area (Å²) in [6.45, 7) is -0.0794. The van der Waals surface area contributed by atoms with Crippen LogP contribution in [0.4, 0.5) is 5.69 Å². The number of anilines is 1. The van der Waals surface area contributed by atoms with Gasteiger partial charge in [-0.15, -0.1) is 0 Å². The Balaban J connectivity index is 0.00000144. The fraction of sp³-hybridized carbons (Fsp3) is 0.222. The standard InChI is InChI=1S/C9H11NO2.K/c1-10(7-9(11)12)8-5-3-2-4-6-8;/h2-6H,7H2,1H3,(H,11,12);/q;+1/p-1. The average Bonchev–Trinajstić information content (AvgIpc) is 2.05. The maximum atomic E-state index is 10.2. The number of likely N-dealkylation sites (N-methyl/N-ethyl adjacent to an activating group) is 1. The smallest absolute Gasteiger partial charge is 0.548 e. The van der Waals surface area contributed by atoms with E-state index in [-0.39, 0.29) is 57.9 Å². The van der Waals surface area contributed by atoms with Crippen molar-refractivity contribution in [2.24, 2.45) is 0 Å². The molecule has 1 aromatic carbocycles. The number of hydrogen-bond acceptors (Lipinski definition) is 3. The van der Waals surface area contributed by atoms with Crippen LogP contribution in [-0.2, 0) is 4.79 Å². The molecule has 3 nitrogen and oxygen atoms in total.